The number of hydrogen-bond acceptors (Lipinski definition) is 0. The van der Waals surface area contributed by atoms with Gasteiger partial charge in [0.05, 0.1) is 0 Å². The maximum absolute atomic E-state index is 2.27. The van der Waals surface area contributed by atoms with Crippen molar-refractivity contribution in [1.82, 2.24) is 0 Å². The minimum absolute atomic E-state index is 0.845. The molecule has 0 aromatic heterocycles. The van der Waals surface area contributed by atoms with E-state index in [1.807, 2.05) is 0 Å². The fraction of sp³-hybridized carbons (Fsp3) is 0.400. The Morgan fingerprint density at radius 3 is 2.64 bits per heavy atom. The van der Waals surface area contributed by atoms with Gasteiger partial charge in [0, 0.05) is 0 Å². The summed E-state index contributed by atoms with van der Waals surface area (Å²) in [6.07, 6.45) is 3.93. The fourth-order valence-corrected chi connectivity index (χ4v) is 2.21. The van der Waals surface area contributed by atoms with Crippen LogP contribution in [0.25, 0.3) is 0 Å². The van der Waals surface area contributed by atoms with E-state index in [4.69, 9.17) is 0 Å². The molecule has 11 heavy (non-hydrogen) atoms. The molecule has 0 aliphatic heterocycles. The van der Waals surface area contributed by atoms with Crippen molar-refractivity contribution in [3.63, 3.8) is 0 Å². The Bertz CT molecular complexity index is 218. The standard InChI is InChI=1S/C10H13.K/c1-2-3-7-10-8-5-4-6-9-10;/h4-6,8H,2-3,7H2,1H3;. The second-order valence-electron chi connectivity index (χ2n) is 3.03. The Morgan fingerprint density at radius 2 is 2.00 bits per heavy atom. The van der Waals surface area contributed by atoms with Crippen LogP contribution in [0.15, 0.2) is 24.3 Å². The second kappa shape index (κ2) is 5.49. The Balaban J connectivity index is 2.62. The molecule has 0 bridgehead atoms. The number of benzene rings is 1. The molecule has 1 rings (SSSR count). The zero-order chi connectivity index (χ0) is 8.10. The molecule has 0 saturated heterocycles. The molecule has 1 aromatic rings. The molecule has 0 atom stereocenters. The fourth-order valence-electron chi connectivity index (χ4n) is 1.26. The van der Waals surface area contributed by atoms with Crippen molar-refractivity contribution >= 4 is 48.6 Å². The summed E-state index contributed by atoms with van der Waals surface area (Å²) in [5.74, 6) is 0. The number of rotatable bonds is 3. The Hall–Kier alpha value is 0.856. The summed E-state index contributed by atoms with van der Waals surface area (Å²) in [7, 11) is 0. The normalized spacial score (nSPS) is 10.1. The Labute approximate surface area is 103 Å². The first-order valence-electron chi connectivity index (χ1n) is 4.39. The average Bonchev–Trinajstić information content (AvgIpc) is 2.03. The van der Waals surface area contributed by atoms with Crippen LogP contribution in [0.2, 0.25) is 0 Å². The van der Waals surface area contributed by atoms with Crippen molar-refractivity contribution in [1.29, 1.82) is 0 Å². The van der Waals surface area contributed by atoms with Gasteiger partial charge in [0.1, 0.15) is 0 Å². The van der Waals surface area contributed by atoms with Gasteiger partial charge in [-0.05, 0) is 0 Å². The van der Waals surface area contributed by atoms with E-state index < -0.39 is 0 Å². The average molecular weight is 172 g/mol. The van der Waals surface area contributed by atoms with Crippen LogP contribution in [-0.4, -0.2) is 49.0 Å². The van der Waals surface area contributed by atoms with Crippen LogP contribution >= 0.6 is 0 Å². The van der Waals surface area contributed by atoms with E-state index in [0.717, 1.165) is 49.0 Å². The second-order valence-corrected chi connectivity index (χ2v) is 4.71. The SMILES string of the molecule is CCCCc1cccc[c]1[K]. The molecular weight excluding hydrogens is 159 g/mol. The third kappa shape index (κ3) is 3.39. The summed E-state index contributed by atoms with van der Waals surface area (Å²) < 4.78 is 1.62. The van der Waals surface area contributed by atoms with Crippen LogP contribution in [0.4, 0.5) is 0 Å². The van der Waals surface area contributed by atoms with Gasteiger partial charge in [-0.25, -0.2) is 0 Å². The van der Waals surface area contributed by atoms with Gasteiger partial charge in [-0.1, -0.05) is 0 Å². The molecule has 0 amide bonds. The first kappa shape index (κ1) is 9.94. The van der Waals surface area contributed by atoms with Crippen LogP contribution in [0, 0.1) is 0 Å². The van der Waals surface area contributed by atoms with Gasteiger partial charge in [-0.3, -0.25) is 0 Å². The molecule has 0 nitrogen and oxygen atoms in total. The summed E-state index contributed by atoms with van der Waals surface area (Å²) in [5, 5.41) is 0. The number of aryl methyl sites for hydroxylation is 1. The maximum atomic E-state index is 2.27. The van der Waals surface area contributed by atoms with Crippen LogP contribution in [0.3, 0.4) is 0 Å². The summed E-state index contributed by atoms with van der Waals surface area (Å²) in [6.45, 7) is 2.25. The van der Waals surface area contributed by atoms with Gasteiger partial charge in [0.15, 0.2) is 0 Å². The number of unbranched alkanes of at least 4 members (excludes halogenated alkanes) is 1. The predicted octanol–water partition coefficient (Wildman–Crippen LogP) is 1.82. The van der Waals surface area contributed by atoms with Gasteiger partial charge >= 0.3 is 105 Å². The first-order valence-corrected chi connectivity index (χ1v) is 5.95. The first-order chi connectivity index (χ1) is 5.34. The van der Waals surface area contributed by atoms with Crippen molar-refractivity contribution in [2.75, 3.05) is 0 Å². The predicted molar refractivity (Wildman–Crippen MR) is 50.4 cm³/mol. The van der Waals surface area contributed by atoms with E-state index in [9.17, 15) is 0 Å². The topological polar surface area (TPSA) is 0 Å². The van der Waals surface area contributed by atoms with E-state index in [0.29, 0.717) is 0 Å². The van der Waals surface area contributed by atoms with Crippen molar-refractivity contribution in [3.05, 3.63) is 29.8 Å². The summed E-state index contributed by atoms with van der Waals surface area (Å²) in [4.78, 5) is 0. The van der Waals surface area contributed by atoms with E-state index in [1.54, 1.807) is 5.22 Å². The molecule has 1 aromatic carbocycles. The van der Waals surface area contributed by atoms with E-state index in [1.165, 1.54) is 19.3 Å². The van der Waals surface area contributed by atoms with Crippen LogP contribution in [0.5, 0.6) is 0 Å². The molecule has 0 unspecified atom stereocenters. The van der Waals surface area contributed by atoms with Crippen LogP contribution in [-0.2, 0) is 6.42 Å². The van der Waals surface area contributed by atoms with Gasteiger partial charge in [-0.2, -0.15) is 0 Å². The summed E-state index contributed by atoms with van der Waals surface area (Å²) in [6, 6.07) is 8.84. The molecule has 54 valence electrons. The molecule has 0 heterocycles. The zero-order valence-electron chi connectivity index (χ0n) is 7.43. The Kier molecular flexibility index (Phi) is 4.96. The molecule has 0 aliphatic rings. The van der Waals surface area contributed by atoms with Crippen molar-refractivity contribution in [2.24, 2.45) is 0 Å². The van der Waals surface area contributed by atoms with Gasteiger partial charge < -0.3 is 0 Å². The van der Waals surface area contributed by atoms with Gasteiger partial charge in [-0.15, -0.1) is 0 Å². The molecule has 0 fully saturated rings. The summed E-state index contributed by atoms with van der Waals surface area (Å²) >= 11 is 0.845. The third-order valence-electron chi connectivity index (χ3n) is 2.06. The van der Waals surface area contributed by atoms with E-state index in [2.05, 4.69) is 31.2 Å². The van der Waals surface area contributed by atoms with Gasteiger partial charge in [0.25, 0.3) is 0 Å². The quantitative estimate of drug-likeness (QED) is 0.610. The minimum atomic E-state index is 0.845. The summed E-state index contributed by atoms with van der Waals surface area (Å²) in [5.41, 5.74) is 1.59. The molecule has 0 saturated carbocycles. The van der Waals surface area contributed by atoms with Crippen molar-refractivity contribution < 1.29 is 0 Å². The third-order valence-corrected chi connectivity index (χ3v) is 3.58. The van der Waals surface area contributed by atoms with Crippen LogP contribution in [0.1, 0.15) is 25.3 Å². The van der Waals surface area contributed by atoms with E-state index in [-0.39, 0.29) is 0 Å². The van der Waals surface area contributed by atoms with Gasteiger partial charge in [0.2, 0.25) is 0 Å². The number of hydrogen-bond donors (Lipinski definition) is 0. The van der Waals surface area contributed by atoms with E-state index >= 15 is 0 Å². The molecule has 0 N–H and O–H groups in total. The zero-order valence-corrected chi connectivity index (χ0v) is 10.6. The molecule has 1 heteroatoms. The molecular formula is C10H13K. The molecule has 0 radical (unpaired) electrons. The van der Waals surface area contributed by atoms with Crippen LogP contribution < -0.4 is -0.342 Å². The van der Waals surface area contributed by atoms with Crippen molar-refractivity contribution in [2.45, 2.75) is 26.2 Å². The van der Waals surface area contributed by atoms with Crippen molar-refractivity contribution in [3.8, 4) is 0 Å². The monoisotopic (exact) mass is 172 g/mol. The molecule has 0 aliphatic carbocycles. The Morgan fingerprint density at radius 1 is 1.27 bits per heavy atom. The molecule has 0 spiro atoms.